The van der Waals surface area contributed by atoms with Gasteiger partial charge in [0.15, 0.2) is 0 Å². The van der Waals surface area contributed by atoms with E-state index in [4.69, 9.17) is 0 Å². The van der Waals surface area contributed by atoms with Gasteiger partial charge in [-0.05, 0) is 36.4 Å². The van der Waals surface area contributed by atoms with Crippen LogP contribution in [0.1, 0.15) is 12.5 Å². The van der Waals surface area contributed by atoms with E-state index in [1.54, 1.807) is 0 Å². The average Bonchev–Trinajstić information content (AvgIpc) is 2.54. The van der Waals surface area contributed by atoms with Crippen molar-refractivity contribution in [1.29, 1.82) is 0 Å². The molecule has 2 amide bonds. The topological polar surface area (TPSA) is 49.4 Å². The number of nitrogens with one attached hydrogen (secondary N) is 1. The first-order valence-electron chi connectivity index (χ1n) is 7.18. The standard InChI is InChI=1S/C17H14F4N2O2/c1-11(24)23(15-5-3-2-4-14(15)17(19,20)21)10-16(25)22-13-8-6-12(18)7-9-13/h2-9H,10H2,1H3,(H,22,25). The molecule has 0 radical (unpaired) electrons. The fourth-order valence-corrected chi connectivity index (χ4v) is 2.19. The summed E-state index contributed by atoms with van der Waals surface area (Å²) in [5.41, 5.74) is -1.16. The molecule has 0 unspecified atom stereocenters. The first-order valence-corrected chi connectivity index (χ1v) is 7.18. The maximum absolute atomic E-state index is 13.1. The van der Waals surface area contributed by atoms with Crippen molar-refractivity contribution in [2.24, 2.45) is 0 Å². The van der Waals surface area contributed by atoms with E-state index in [1.165, 1.54) is 24.3 Å². The molecule has 0 aliphatic heterocycles. The van der Waals surface area contributed by atoms with Gasteiger partial charge in [-0.1, -0.05) is 12.1 Å². The zero-order valence-corrected chi connectivity index (χ0v) is 13.1. The van der Waals surface area contributed by atoms with Crippen LogP contribution in [0.15, 0.2) is 48.5 Å². The quantitative estimate of drug-likeness (QED) is 0.849. The Morgan fingerprint density at radius 2 is 1.64 bits per heavy atom. The third kappa shape index (κ3) is 4.79. The van der Waals surface area contributed by atoms with Crippen LogP contribution in [0.3, 0.4) is 0 Å². The normalized spacial score (nSPS) is 11.1. The number of carbonyl (C=O) groups is 2. The first-order chi connectivity index (χ1) is 11.7. The number of benzene rings is 2. The second-order valence-corrected chi connectivity index (χ2v) is 5.18. The molecule has 0 saturated carbocycles. The summed E-state index contributed by atoms with van der Waals surface area (Å²) in [6, 6.07) is 9.35. The molecule has 2 aromatic carbocycles. The second-order valence-electron chi connectivity index (χ2n) is 5.18. The summed E-state index contributed by atoms with van der Waals surface area (Å²) in [6.07, 6.45) is -4.67. The Bertz CT molecular complexity index is 773. The van der Waals surface area contributed by atoms with Crippen LogP contribution in [0, 0.1) is 5.82 Å². The van der Waals surface area contributed by atoms with E-state index in [9.17, 15) is 27.2 Å². The minimum absolute atomic E-state index is 0.263. The van der Waals surface area contributed by atoms with Crippen LogP contribution in [0.25, 0.3) is 0 Å². The third-order valence-corrected chi connectivity index (χ3v) is 3.31. The van der Waals surface area contributed by atoms with Crippen LogP contribution < -0.4 is 10.2 Å². The largest absolute Gasteiger partial charge is 0.418 e. The first kappa shape index (κ1) is 18.4. The molecule has 0 saturated heterocycles. The van der Waals surface area contributed by atoms with Gasteiger partial charge in [0.2, 0.25) is 11.8 Å². The van der Waals surface area contributed by atoms with Crippen LogP contribution >= 0.6 is 0 Å². The molecule has 8 heteroatoms. The van der Waals surface area contributed by atoms with Crippen molar-refractivity contribution < 1.29 is 27.2 Å². The lowest BCUT2D eigenvalue weighted by Crippen LogP contribution is -2.37. The average molecular weight is 354 g/mol. The van der Waals surface area contributed by atoms with Gasteiger partial charge in [-0.2, -0.15) is 13.2 Å². The molecule has 2 aromatic rings. The number of carbonyl (C=O) groups excluding carboxylic acids is 2. The van der Waals surface area contributed by atoms with Gasteiger partial charge in [0, 0.05) is 12.6 Å². The molecule has 4 nitrogen and oxygen atoms in total. The van der Waals surface area contributed by atoms with Crippen molar-refractivity contribution >= 4 is 23.2 Å². The van der Waals surface area contributed by atoms with Gasteiger partial charge in [0.25, 0.3) is 0 Å². The summed E-state index contributed by atoms with van der Waals surface area (Å²) in [5, 5.41) is 2.40. The molecule has 25 heavy (non-hydrogen) atoms. The minimum atomic E-state index is -4.67. The number of anilines is 2. The zero-order valence-electron chi connectivity index (χ0n) is 13.1. The molecule has 0 spiro atoms. The third-order valence-electron chi connectivity index (χ3n) is 3.31. The number of hydrogen-bond acceptors (Lipinski definition) is 2. The maximum Gasteiger partial charge on any atom is 0.418 e. The smallest absolute Gasteiger partial charge is 0.325 e. The Labute approximate surface area is 141 Å². The van der Waals surface area contributed by atoms with E-state index < -0.39 is 41.6 Å². The van der Waals surface area contributed by atoms with Crippen molar-refractivity contribution in [2.45, 2.75) is 13.1 Å². The van der Waals surface area contributed by atoms with Crippen molar-refractivity contribution in [3.05, 3.63) is 59.9 Å². The van der Waals surface area contributed by atoms with Gasteiger partial charge in [-0.25, -0.2) is 4.39 Å². The molecule has 2 rings (SSSR count). The summed E-state index contributed by atoms with van der Waals surface area (Å²) in [4.78, 5) is 24.6. The highest BCUT2D eigenvalue weighted by molar-refractivity contribution is 6.02. The van der Waals surface area contributed by atoms with Gasteiger partial charge in [0.05, 0.1) is 11.3 Å². The Morgan fingerprint density at radius 1 is 1.04 bits per heavy atom. The Hall–Kier alpha value is -2.90. The van der Waals surface area contributed by atoms with Crippen molar-refractivity contribution in [1.82, 2.24) is 0 Å². The highest BCUT2D eigenvalue weighted by Gasteiger charge is 2.35. The molecule has 0 aliphatic carbocycles. The number of rotatable bonds is 4. The van der Waals surface area contributed by atoms with E-state index in [1.807, 2.05) is 0 Å². The predicted molar refractivity (Wildman–Crippen MR) is 84.5 cm³/mol. The summed E-state index contributed by atoms with van der Waals surface area (Å²) >= 11 is 0. The van der Waals surface area contributed by atoms with Crippen LogP contribution in [0.4, 0.5) is 28.9 Å². The Morgan fingerprint density at radius 3 is 2.20 bits per heavy atom. The zero-order chi connectivity index (χ0) is 18.6. The van der Waals surface area contributed by atoms with E-state index in [0.29, 0.717) is 0 Å². The van der Waals surface area contributed by atoms with Crippen LogP contribution in [0.5, 0.6) is 0 Å². The lowest BCUT2D eigenvalue weighted by atomic mass is 10.1. The van der Waals surface area contributed by atoms with Gasteiger partial charge in [-0.3, -0.25) is 9.59 Å². The molecule has 1 N–H and O–H groups in total. The monoisotopic (exact) mass is 354 g/mol. The highest BCUT2D eigenvalue weighted by atomic mass is 19.4. The van der Waals surface area contributed by atoms with Gasteiger partial charge >= 0.3 is 6.18 Å². The van der Waals surface area contributed by atoms with Crippen molar-refractivity contribution in [2.75, 3.05) is 16.8 Å². The lowest BCUT2D eigenvalue weighted by molar-refractivity contribution is -0.137. The Balaban J connectivity index is 2.23. The molecule has 0 atom stereocenters. The van der Waals surface area contributed by atoms with Gasteiger partial charge in [-0.15, -0.1) is 0 Å². The molecule has 0 heterocycles. The van der Waals surface area contributed by atoms with Crippen molar-refractivity contribution in [3.8, 4) is 0 Å². The summed E-state index contributed by atoms with van der Waals surface area (Å²) < 4.78 is 52.2. The van der Waals surface area contributed by atoms with E-state index in [2.05, 4.69) is 5.32 Å². The summed E-state index contributed by atoms with van der Waals surface area (Å²) in [5.74, 6) is -1.92. The second kappa shape index (κ2) is 7.33. The molecular weight excluding hydrogens is 340 g/mol. The molecule has 0 fully saturated rings. The Kier molecular flexibility index (Phi) is 5.41. The van der Waals surface area contributed by atoms with Crippen LogP contribution in [0.2, 0.25) is 0 Å². The minimum Gasteiger partial charge on any atom is -0.325 e. The summed E-state index contributed by atoms with van der Waals surface area (Å²) in [6.45, 7) is 0.456. The number of alkyl halides is 3. The van der Waals surface area contributed by atoms with Crippen LogP contribution in [-0.2, 0) is 15.8 Å². The van der Waals surface area contributed by atoms with Gasteiger partial charge < -0.3 is 10.2 Å². The lowest BCUT2D eigenvalue weighted by Gasteiger charge is -2.24. The van der Waals surface area contributed by atoms with Gasteiger partial charge in [0.1, 0.15) is 12.4 Å². The molecule has 0 aliphatic rings. The number of halogens is 4. The van der Waals surface area contributed by atoms with E-state index >= 15 is 0 Å². The molecule has 0 bridgehead atoms. The fourth-order valence-electron chi connectivity index (χ4n) is 2.19. The number of nitrogens with zero attached hydrogens (tertiary/aromatic N) is 1. The highest BCUT2D eigenvalue weighted by Crippen LogP contribution is 2.36. The molecule has 0 aromatic heterocycles. The maximum atomic E-state index is 13.1. The SMILES string of the molecule is CC(=O)N(CC(=O)Nc1ccc(F)cc1)c1ccccc1C(F)(F)F. The van der Waals surface area contributed by atoms with E-state index in [-0.39, 0.29) is 5.69 Å². The predicted octanol–water partition coefficient (Wildman–Crippen LogP) is 3.84. The number of amides is 2. The van der Waals surface area contributed by atoms with Crippen molar-refractivity contribution in [3.63, 3.8) is 0 Å². The number of para-hydroxylation sites is 1. The van der Waals surface area contributed by atoms with Crippen LogP contribution in [-0.4, -0.2) is 18.4 Å². The number of hydrogen-bond donors (Lipinski definition) is 1. The molecular formula is C17H14F4N2O2. The molecule has 132 valence electrons. The fraction of sp³-hybridized carbons (Fsp3) is 0.176. The summed E-state index contributed by atoms with van der Waals surface area (Å²) in [7, 11) is 0. The van der Waals surface area contributed by atoms with E-state index in [0.717, 1.165) is 36.1 Å².